The van der Waals surface area contributed by atoms with Crippen LogP contribution in [0.25, 0.3) is 0 Å². The molecule has 0 aromatic carbocycles. The van der Waals surface area contributed by atoms with Gasteiger partial charge in [-0.1, -0.05) is 19.3 Å². The van der Waals surface area contributed by atoms with Gasteiger partial charge in [0.15, 0.2) is 0 Å². The van der Waals surface area contributed by atoms with Crippen molar-refractivity contribution in [2.75, 3.05) is 13.1 Å². The monoisotopic (exact) mass is 236 g/mol. The van der Waals surface area contributed by atoms with Crippen molar-refractivity contribution >= 4 is 0 Å². The molecular formula is C15H28N2. The number of nitrogens with one attached hydrogen (secondary N) is 2. The average Bonchev–Trinajstić information content (AvgIpc) is 2.82. The van der Waals surface area contributed by atoms with E-state index in [1.807, 2.05) is 0 Å². The molecule has 0 bridgehead atoms. The van der Waals surface area contributed by atoms with Gasteiger partial charge in [0.25, 0.3) is 0 Å². The molecule has 2 N–H and O–H groups in total. The molecule has 2 saturated carbocycles. The Morgan fingerprint density at radius 1 is 1.00 bits per heavy atom. The Labute approximate surface area is 106 Å². The van der Waals surface area contributed by atoms with Crippen LogP contribution in [0.2, 0.25) is 0 Å². The summed E-state index contributed by atoms with van der Waals surface area (Å²) in [5.41, 5.74) is 0. The molecule has 3 aliphatic rings. The molecule has 1 heterocycles. The van der Waals surface area contributed by atoms with E-state index in [1.54, 1.807) is 0 Å². The highest BCUT2D eigenvalue weighted by Crippen LogP contribution is 2.34. The highest BCUT2D eigenvalue weighted by atomic mass is 15.0. The fourth-order valence-corrected chi connectivity index (χ4v) is 3.89. The third-order valence-corrected chi connectivity index (χ3v) is 5.08. The first-order valence-electron chi connectivity index (χ1n) is 7.90. The first-order valence-corrected chi connectivity index (χ1v) is 7.90. The third-order valence-electron chi connectivity index (χ3n) is 5.08. The second-order valence-electron chi connectivity index (χ2n) is 6.44. The normalized spacial score (nSPS) is 37.8. The van der Waals surface area contributed by atoms with Crippen LogP contribution in [0.4, 0.5) is 0 Å². The Morgan fingerprint density at radius 2 is 1.94 bits per heavy atom. The van der Waals surface area contributed by atoms with Gasteiger partial charge >= 0.3 is 0 Å². The lowest BCUT2D eigenvalue weighted by Gasteiger charge is -2.26. The molecule has 0 aromatic heterocycles. The predicted molar refractivity (Wildman–Crippen MR) is 72.1 cm³/mol. The maximum absolute atomic E-state index is 3.85. The standard InChI is InChI=1S/C15H28N2/c1-5-13(15-7-3-11-17-15)14(6-1)16-10-2-4-12-8-9-12/h12-17H,1-11H2. The van der Waals surface area contributed by atoms with Crippen molar-refractivity contribution < 1.29 is 0 Å². The molecule has 3 fully saturated rings. The van der Waals surface area contributed by atoms with Gasteiger partial charge in [0.1, 0.15) is 0 Å². The molecule has 2 nitrogen and oxygen atoms in total. The van der Waals surface area contributed by atoms with Gasteiger partial charge in [-0.25, -0.2) is 0 Å². The second kappa shape index (κ2) is 5.71. The van der Waals surface area contributed by atoms with Crippen LogP contribution >= 0.6 is 0 Å². The summed E-state index contributed by atoms with van der Waals surface area (Å²) in [5, 5.41) is 7.56. The molecule has 0 radical (unpaired) electrons. The Kier molecular flexibility index (Phi) is 4.02. The molecule has 0 spiro atoms. The minimum atomic E-state index is 0.824. The molecule has 3 unspecified atom stereocenters. The lowest BCUT2D eigenvalue weighted by molar-refractivity contribution is 0.319. The maximum Gasteiger partial charge on any atom is 0.0111 e. The smallest absolute Gasteiger partial charge is 0.0111 e. The van der Waals surface area contributed by atoms with Crippen LogP contribution in [-0.2, 0) is 0 Å². The second-order valence-corrected chi connectivity index (χ2v) is 6.44. The van der Waals surface area contributed by atoms with Gasteiger partial charge in [-0.15, -0.1) is 0 Å². The lowest BCUT2D eigenvalue weighted by atomic mass is 9.93. The largest absolute Gasteiger partial charge is 0.314 e. The Hall–Kier alpha value is -0.0800. The van der Waals surface area contributed by atoms with Gasteiger partial charge in [0, 0.05) is 12.1 Å². The van der Waals surface area contributed by atoms with E-state index in [-0.39, 0.29) is 0 Å². The molecule has 17 heavy (non-hydrogen) atoms. The van der Waals surface area contributed by atoms with Crippen molar-refractivity contribution in [1.82, 2.24) is 10.6 Å². The fraction of sp³-hybridized carbons (Fsp3) is 1.00. The summed E-state index contributed by atoms with van der Waals surface area (Å²) in [6, 6.07) is 1.66. The van der Waals surface area contributed by atoms with Crippen LogP contribution in [0.3, 0.4) is 0 Å². The van der Waals surface area contributed by atoms with E-state index in [9.17, 15) is 0 Å². The summed E-state index contributed by atoms with van der Waals surface area (Å²) in [4.78, 5) is 0. The van der Waals surface area contributed by atoms with Crippen molar-refractivity contribution in [2.24, 2.45) is 11.8 Å². The van der Waals surface area contributed by atoms with E-state index >= 15 is 0 Å². The predicted octanol–water partition coefficient (Wildman–Crippen LogP) is 2.69. The van der Waals surface area contributed by atoms with Crippen LogP contribution in [0, 0.1) is 11.8 Å². The van der Waals surface area contributed by atoms with Gasteiger partial charge < -0.3 is 10.6 Å². The van der Waals surface area contributed by atoms with E-state index in [0.29, 0.717) is 0 Å². The van der Waals surface area contributed by atoms with E-state index in [1.165, 1.54) is 70.9 Å². The first kappa shape index (κ1) is 12.0. The average molecular weight is 236 g/mol. The molecule has 2 heteroatoms. The van der Waals surface area contributed by atoms with Crippen LogP contribution < -0.4 is 10.6 Å². The lowest BCUT2D eigenvalue weighted by Crippen LogP contribution is -2.42. The van der Waals surface area contributed by atoms with Gasteiger partial charge in [-0.2, -0.15) is 0 Å². The molecule has 98 valence electrons. The van der Waals surface area contributed by atoms with E-state index in [2.05, 4.69) is 10.6 Å². The third kappa shape index (κ3) is 3.23. The molecule has 1 aliphatic heterocycles. The molecule has 0 amide bonds. The number of rotatable bonds is 6. The Balaban J connectivity index is 1.38. The van der Waals surface area contributed by atoms with Crippen molar-refractivity contribution in [3.63, 3.8) is 0 Å². The van der Waals surface area contributed by atoms with E-state index in [0.717, 1.165) is 23.9 Å². The summed E-state index contributed by atoms with van der Waals surface area (Å²) in [6.45, 7) is 2.53. The molecular weight excluding hydrogens is 208 g/mol. The molecule has 3 rings (SSSR count). The van der Waals surface area contributed by atoms with E-state index in [4.69, 9.17) is 0 Å². The van der Waals surface area contributed by atoms with Crippen LogP contribution in [0.1, 0.15) is 57.8 Å². The molecule has 0 aromatic rings. The summed E-state index contributed by atoms with van der Waals surface area (Å²) < 4.78 is 0. The summed E-state index contributed by atoms with van der Waals surface area (Å²) in [6.07, 6.45) is 13.1. The quantitative estimate of drug-likeness (QED) is 0.693. The minimum absolute atomic E-state index is 0.824. The van der Waals surface area contributed by atoms with E-state index < -0.39 is 0 Å². The van der Waals surface area contributed by atoms with Gasteiger partial charge in [0.2, 0.25) is 0 Å². The highest BCUT2D eigenvalue weighted by molar-refractivity contribution is 4.93. The summed E-state index contributed by atoms with van der Waals surface area (Å²) in [5.74, 6) is 2.03. The molecule has 3 atom stereocenters. The first-order chi connectivity index (χ1) is 8.43. The van der Waals surface area contributed by atoms with Crippen molar-refractivity contribution in [1.29, 1.82) is 0 Å². The van der Waals surface area contributed by atoms with Crippen molar-refractivity contribution in [3.05, 3.63) is 0 Å². The van der Waals surface area contributed by atoms with Crippen LogP contribution in [-0.4, -0.2) is 25.2 Å². The van der Waals surface area contributed by atoms with Crippen molar-refractivity contribution in [3.8, 4) is 0 Å². The summed E-state index contributed by atoms with van der Waals surface area (Å²) in [7, 11) is 0. The van der Waals surface area contributed by atoms with Gasteiger partial charge in [0.05, 0.1) is 0 Å². The highest BCUT2D eigenvalue weighted by Gasteiger charge is 2.34. The number of hydrogen-bond donors (Lipinski definition) is 2. The molecule has 1 saturated heterocycles. The Bertz CT molecular complexity index is 231. The van der Waals surface area contributed by atoms with Crippen molar-refractivity contribution in [2.45, 2.75) is 69.9 Å². The van der Waals surface area contributed by atoms with Crippen LogP contribution in [0.5, 0.6) is 0 Å². The minimum Gasteiger partial charge on any atom is -0.314 e. The zero-order valence-corrected chi connectivity index (χ0v) is 11.1. The SMILES string of the molecule is C(CNC1CCCC1C1CCCN1)CC1CC1. The van der Waals surface area contributed by atoms with Gasteiger partial charge in [-0.05, 0) is 63.5 Å². The van der Waals surface area contributed by atoms with Gasteiger partial charge in [-0.3, -0.25) is 0 Å². The summed E-state index contributed by atoms with van der Waals surface area (Å²) >= 11 is 0. The Morgan fingerprint density at radius 3 is 2.71 bits per heavy atom. The van der Waals surface area contributed by atoms with Crippen LogP contribution in [0.15, 0.2) is 0 Å². The topological polar surface area (TPSA) is 24.1 Å². The number of hydrogen-bond acceptors (Lipinski definition) is 2. The zero-order chi connectivity index (χ0) is 11.5. The molecule has 2 aliphatic carbocycles. The fourth-order valence-electron chi connectivity index (χ4n) is 3.89. The zero-order valence-electron chi connectivity index (χ0n) is 11.1. The maximum atomic E-state index is 3.85.